The lowest BCUT2D eigenvalue weighted by Gasteiger charge is -2.21. The van der Waals surface area contributed by atoms with E-state index < -0.39 is 27.7 Å². The average molecular weight is 424 g/mol. The Morgan fingerprint density at radius 1 is 1.29 bits per heavy atom. The number of carbonyl (C=O) groups excluding carboxylic acids is 1. The summed E-state index contributed by atoms with van der Waals surface area (Å²) in [5.41, 5.74) is 0.650. The van der Waals surface area contributed by atoms with Gasteiger partial charge in [-0.1, -0.05) is 19.9 Å². The number of rotatable bonds is 7. The van der Waals surface area contributed by atoms with Gasteiger partial charge in [0.1, 0.15) is 6.04 Å². The molecule has 0 saturated heterocycles. The third kappa shape index (κ3) is 4.18. The van der Waals surface area contributed by atoms with Gasteiger partial charge >= 0.3 is 5.76 Å². The van der Waals surface area contributed by atoms with Gasteiger partial charge in [-0.25, -0.2) is 13.2 Å². The standard InChI is InChI=1S/C18H21N3O5S2/c1-11(2)16(17(22)19-10-12-5-4-8-27-12)20-28(24,25)13-6-7-14-15(9-13)26-18(23)21(14)3/h4-9,11,16,20H,10H2,1-3H3,(H,19,22)/t16-/m0/s1. The van der Waals surface area contributed by atoms with Crippen molar-refractivity contribution in [2.75, 3.05) is 0 Å². The van der Waals surface area contributed by atoms with E-state index in [0.717, 1.165) is 4.88 Å². The fourth-order valence-electron chi connectivity index (χ4n) is 2.71. The van der Waals surface area contributed by atoms with Crippen LogP contribution in [0.25, 0.3) is 11.1 Å². The molecule has 2 aromatic heterocycles. The first-order chi connectivity index (χ1) is 13.2. The number of oxazole rings is 1. The molecule has 0 bridgehead atoms. The van der Waals surface area contributed by atoms with Crippen molar-refractivity contribution in [3.63, 3.8) is 0 Å². The smallest absolute Gasteiger partial charge is 0.408 e. The van der Waals surface area contributed by atoms with E-state index in [1.807, 2.05) is 17.5 Å². The molecule has 0 fully saturated rings. The second kappa shape index (κ2) is 7.90. The van der Waals surface area contributed by atoms with Crippen LogP contribution in [0, 0.1) is 5.92 Å². The zero-order valence-electron chi connectivity index (χ0n) is 15.6. The third-order valence-electron chi connectivity index (χ3n) is 4.32. The molecule has 1 amide bonds. The molecule has 2 N–H and O–H groups in total. The van der Waals surface area contributed by atoms with Crippen molar-refractivity contribution in [1.82, 2.24) is 14.6 Å². The zero-order valence-corrected chi connectivity index (χ0v) is 17.3. The highest BCUT2D eigenvalue weighted by Gasteiger charge is 2.28. The van der Waals surface area contributed by atoms with Gasteiger partial charge in [0.2, 0.25) is 15.9 Å². The number of aryl methyl sites for hydroxylation is 1. The summed E-state index contributed by atoms with van der Waals surface area (Å²) in [6.07, 6.45) is 0. The van der Waals surface area contributed by atoms with E-state index in [1.165, 1.54) is 41.2 Å². The third-order valence-corrected chi connectivity index (χ3v) is 6.64. The minimum atomic E-state index is -4.00. The van der Waals surface area contributed by atoms with Crippen LogP contribution in [0.15, 0.2) is 49.8 Å². The molecule has 10 heteroatoms. The molecule has 0 radical (unpaired) electrons. The fourth-order valence-corrected chi connectivity index (χ4v) is 4.71. The van der Waals surface area contributed by atoms with Crippen molar-refractivity contribution in [3.8, 4) is 0 Å². The van der Waals surface area contributed by atoms with Gasteiger partial charge in [-0.2, -0.15) is 4.72 Å². The van der Waals surface area contributed by atoms with E-state index in [0.29, 0.717) is 12.1 Å². The van der Waals surface area contributed by atoms with E-state index in [1.54, 1.807) is 13.8 Å². The van der Waals surface area contributed by atoms with Crippen molar-refractivity contribution in [3.05, 3.63) is 51.1 Å². The van der Waals surface area contributed by atoms with Crippen LogP contribution in [-0.4, -0.2) is 24.9 Å². The number of nitrogens with one attached hydrogen (secondary N) is 2. The van der Waals surface area contributed by atoms with Gasteiger partial charge in [0.05, 0.1) is 17.0 Å². The number of nitrogens with zero attached hydrogens (tertiary/aromatic N) is 1. The molecule has 0 aliphatic heterocycles. The Morgan fingerprint density at radius 3 is 2.68 bits per heavy atom. The Bertz CT molecular complexity index is 1140. The van der Waals surface area contributed by atoms with Crippen molar-refractivity contribution in [2.45, 2.75) is 31.3 Å². The van der Waals surface area contributed by atoms with Gasteiger partial charge in [-0.3, -0.25) is 9.36 Å². The number of amides is 1. The molecular formula is C18H21N3O5S2. The molecule has 1 atom stereocenters. The summed E-state index contributed by atoms with van der Waals surface area (Å²) >= 11 is 1.51. The molecular weight excluding hydrogens is 402 g/mol. The summed E-state index contributed by atoms with van der Waals surface area (Å²) in [7, 11) is -2.46. The first kappa shape index (κ1) is 20.3. The number of fused-ring (bicyclic) bond motifs is 1. The Balaban J connectivity index is 1.81. The monoisotopic (exact) mass is 423 g/mol. The predicted molar refractivity (Wildman–Crippen MR) is 107 cm³/mol. The minimum Gasteiger partial charge on any atom is -0.408 e. The quantitative estimate of drug-likeness (QED) is 0.602. The van der Waals surface area contributed by atoms with Gasteiger partial charge < -0.3 is 9.73 Å². The Kier molecular flexibility index (Phi) is 5.73. The second-order valence-corrected chi connectivity index (χ2v) is 9.44. The van der Waals surface area contributed by atoms with E-state index >= 15 is 0 Å². The van der Waals surface area contributed by atoms with Gasteiger partial charge in [-0.15, -0.1) is 11.3 Å². The largest absolute Gasteiger partial charge is 0.419 e. The van der Waals surface area contributed by atoms with Crippen LogP contribution in [0.3, 0.4) is 0 Å². The van der Waals surface area contributed by atoms with Gasteiger partial charge in [0.25, 0.3) is 0 Å². The molecule has 28 heavy (non-hydrogen) atoms. The summed E-state index contributed by atoms with van der Waals surface area (Å²) in [5, 5.41) is 4.67. The van der Waals surface area contributed by atoms with Crippen LogP contribution in [0.5, 0.6) is 0 Å². The summed E-state index contributed by atoms with van der Waals surface area (Å²) < 4.78 is 34.4. The lowest BCUT2D eigenvalue weighted by Crippen LogP contribution is -2.49. The molecule has 0 aliphatic carbocycles. The van der Waals surface area contributed by atoms with Crippen LogP contribution >= 0.6 is 11.3 Å². The van der Waals surface area contributed by atoms with Gasteiger partial charge in [-0.05, 0) is 29.5 Å². The molecule has 0 spiro atoms. The Hall–Kier alpha value is -2.43. The van der Waals surface area contributed by atoms with E-state index in [2.05, 4.69) is 10.0 Å². The fraction of sp³-hybridized carbons (Fsp3) is 0.333. The number of benzene rings is 1. The molecule has 3 rings (SSSR count). The molecule has 0 saturated carbocycles. The molecule has 8 nitrogen and oxygen atoms in total. The van der Waals surface area contributed by atoms with E-state index in [4.69, 9.17) is 4.42 Å². The molecule has 150 valence electrons. The maximum atomic E-state index is 12.8. The summed E-state index contributed by atoms with van der Waals surface area (Å²) in [6.45, 7) is 3.86. The van der Waals surface area contributed by atoms with E-state index in [-0.39, 0.29) is 16.4 Å². The number of hydrogen-bond donors (Lipinski definition) is 2. The number of hydrogen-bond acceptors (Lipinski definition) is 6. The average Bonchev–Trinajstić information content (AvgIpc) is 3.25. The minimum absolute atomic E-state index is 0.0777. The highest BCUT2D eigenvalue weighted by atomic mass is 32.2. The van der Waals surface area contributed by atoms with Crippen LogP contribution in [0.1, 0.15) is 18.7 Å². The zero-order chi connectivity index (χ0) is 20.5. The number of aromatic nitrogens is 1. The van der Waals surface area contributed by atoms with Crippen LogP contribution in [0.4, 0.5) is 0 Å². The SMILES string of the molecule is CC(C)[C@H](NS(=O)(=O)c1ccc2c(c1)oc(=O)n2C)C(=O)NCc1cccs1. The van der Waals surface area contributed by atoms with Crippen molar-refractivity contribution in [1.29, 1.82) is 0 Å². The maximum absolute atomic E-state index is 12.8. The second-order valence-electron chi connectivity index (χ2n) is 6.70. The van der Waals surface area contributed by atoms with Gasteiger partial charge in [0.15, 0.2) is 5.58 Å². The number of sulfonamides is 1. The Labute approximate surface area is 166 Å². The molecule has 1 aromatic carbocycles. The van der Waals surface area contributed by atoms with E-state index in [9.17, 15) is 18.0 Å². The summed E-state index contributed by atoms with van der Waals surface area (Å²) in [4.78, 5) is 25.1. The first-order valence-electron chi connectivity index (χ1n) is 8.61. The molecule has 2 heterocycles. The van der Waals surface area contributed by atoms with Gasteiger partial charge in [0, 0.05) is 18.0 Å². The lowest BCUT2D eigenvalue weighted by atomic mass is 10.1. The summed E-state index contributed by atoms with van der Waals surface area (Å²) in [6, 6.07) is 6.98. The van der Waals surface area contributed by atoms with Crippen molar-refractivity contribution < 1.29 is 17.6 Å². The first-order valence-corrected chi connectivity index (χ1v) is 11.0. The van der Waals surface area contributed by atoms with Crippen LogP contribution in [0.2, 0.25) is 0 Å². The highest BCUT2D eigenvalue weighted by molar-refractivity contribution is 7.89. The normalized spacial score (nSPS) is 13.1. The molecule has 0 aliphatic rings. The van der Waals surface area contributed by atoms with Crippen molar-refractivity contribution >= 4 is 38.4 Å². The Morgan fingerprint density at radius 2 is 2.04 bits per heavy atom. The predicted octanol–water partition coefficient (Wildman–Crippen LogP) is 1.81. The van der Waals surface area contributed by atoms with Crippen LogP contribution in [-0.2, 0) is 28.4 Å². The molecule has 0 unspecified atom stereocenters. The maximum Gasteiger partial charge on any atom is 0.419 e. The van der Waals surface area contributed by atoms with Crippen molar-refractivity contribution in [2.24, 2.45) is 13.0 Å². The number of carbonyl (C=O) groups is 1. The molecule has 3 aromatic rings. The summed E-state index contributed by atoms with van der Waals surface area (Å²) in [5.74, 6) is -1.25. The lowest BCUT2D eigenvalue weighted by molar-refractivity contribution is -0.123. The number of thiophene rings is 1. The van der Waals surface area contributed by atoms with Crippen LogP contribution < -0.4 is 15.8 Å². The highest BCUT2D eigenvalue weighted by Crippen LogP contribution is 2.19. The topological polar surface area (TPSA) is 110 Å².